The summed E-state index contributed by atoms with van der Waals surface area (Å²) in [6.45, 7) is 0.882. The SMILES string of the molecule is NCc1cc(F)c(OCc2nnc3n2CCCC3)c(F)c1. The number of halogens is 2. The van der Waals surface area contributed by atoms with Gasteiger partial charge in [0, 0.05) is 19.5 Å². The smallest absolute Gasteiger partial charge is 0.191 e. The molecule has 0 aliphatic carbocycles. The van der Waals surface area contributed by atoms with Gasteiger partial charge in [0.1, 0.15) is 12.4 Å². The van der Waals surface area contributed by atoms with Crippen molar-refractivity contribution >= 4 is 0 Å². The molecule has 0 fully saturated rings. The van der Waals surface area contributed by atoms with E-state index in [-0.39, 0.29) is 13.2 Å². The zero-order chi connectivity index (χ0) is 14.8. The Kier molecular flexibility index (Phi) is 3.83. The van der Waals surface area contributed by atoms with Gasteiger partial charge >= 0.3 is 0 Å². The van der Waals surface area contributed by atoms with E-state index in [1.807, 2.05) is 4.57 Å². The van der Waals surface area contributed by atoms with Crippen molar-refractivity contribution in [2.45, 2.75) is 39.0 Å². The van der Waals surface area contributed by atoms with Gasteiger partial charge in [0.05, 0.1) is 0 Å². The Labute approximate surface area is 120 Å². The number of aryl methyl sites for hydroxylation is 1. The van der Waals surface area contributed by atoms with Gasteiger partial charge in [-0.3, -0.25) is 0 Å². The number of nitrogens with zero attached hydrogens (tertiary/aromatic N) is 3. The first-order valence-electron chi connectivity index (χ1n) is 6.91. The first kappa shape index (κ1) is 13.9. The Morgan fingerprint density at radius 2 is 1.95 bits per heavy atom. The van der Waals surface area contributed by atoms with Gasteiger partial charge in [0.15, 0.2) is 23.2 Å². The zero-order valence-corrected chi connectivity index (χ0v) is 11.5. The molecular weight excluding hydrogens is 278 g/mol. The first-order valence-corrected chi connectivity index (χ1v) is 6.91. The molecule has 0 saturated heterocycles. The van der Waals surface area contributed by atoms with Crippen molar-refractivity contribution in [3.63, 3.8) is 0 Å². The predicted octanol–water partition coefficient (Wildman–Crippen LogP) is 1.93. The fourth-order valence-electron chi connectivity index (χ4n) is 2.48. The van der Waals surface area contributed by atoms with Crippen molar-refractivity contribution < 1.29 is 13.5 Å². The van der Waals surface area contributed by atoms with Gasteiger partial charge in [-0.15, -0.1) is 10.2 Å². The molecule has 0 atom stereocenters. The second kappa shape index (κ2) is 5.77. The quantitative estimate of drug-likeness (QED) is 0.935. The molecule has 0 bridgehead atoms. The molecule has 0 spiro atoms. The van der Waals surface area contributed by atoms with E-state index in [2.05, 4.69) is 10.2 Å². The molecule has 0 amide bonds. The second-order valence-electron chi connectivity index (χ2n) is 5.02. The summed E-state index contributed by atoms with van der Waals surface area (Å²) in [7, 11) is 0. The van der Waals surface area contributed by atoms with Gasteiger partial charge < -0.3 is 15.0 Å². The Balaban J connectivity index is 1.78. The van der Waals surface area contributed by atoms with Crippen molar-refractivity contribution in [2.75, 3.05) is 0 Å². The molecule has 2 N–H and O–H groups in total. The lowest BCUT2D eigenvalue weighted by molar-refractivity contribution is 0.258. The van der Waals surface area contributed by atoms with Crippen molar-refractivity contribution in [2.24, 2.45) is 5.73 Å². The van der Waals surface area contributed by atoms with Crippen LogP contribution in [0.4, 0.5) is 8.78 Å². The highest BCUT2D eigenvalue weighted by Gasteiger charge is 2.18. The van der Waals surface area contributed by atoms with E-state index >= 15 is 0 Å². The van der Waals surface area contributed by atoms with Crippen LogP contribution in [0.25, 0.3) is 0 Å². The summed E-state index contributed by atoms with van der Waals surface area (Å²) in [5.41, 5.74) is 5.76. The lowest BCUT2D eigenvalue weighted by Crippen LogP contribution is -2.15. The third-order valence-electron chi connectivity index (χ3n) is 3.58. The standard InChI is InChI=1S/C14H16F2N4O/c15-10-5-9(7-17)6-11(16)14(10)21-8-13-19-18-12-3-1-2-4-20(12)13/h5-6H,1-4,7-8,17H2. The summed E-state index contributed by atoms with van der Waals surface area (Å²) in [6, 6.07) is 2.36. The van der Waals surface area contributed by atoms with Crippen LogP contribution in [0, 0.1) is 11.6 Å². The molecule has 1 aromatic carbocycles. The Morgan fingerprint density at radius 3 is 2.67 bits per heavy atom. The Morgan fingerprint density at radius 1 is 1.19 bits per heavy atom. The van der Waals surface area contributed by atoms with E-state index in [0.717, 1.165) is 31.6 Å². The van der Waals surface area contributed by atoms with Gasteiger partial charge in [-0.1, -0.05) is 0 Å². The topological polar surface area (TPSA) is 66.0 Å². The molecule has 21 heavy (non-hydrogen) atoms. The fraction of sp³-hybridized carbons (Fsp3) is 0.429. The van der Waals surface area contributed by atoms with Crippen LogP contribution in [0.5, 0.6) is 5.75 Å². The van der Waals surface area contributed by atoms with Crippen LogP contribution in [-0.2, 0) is 26.1 Å². The van der Waals surface area contributed by atoms with Crippen LogP contribution in [-0.4, -0.2) is 14.8 Å². The summed E-state index contributed by atoms with van der Waals surface area (Å²) in [6.07, 6.45) is 3.01. The number of hydrogen-bond acceptors (Lipinski definition) is 4. The van der Waals surface area contributed by atoms with Crippen LogP contribution in [0.2, 0.25) is 0 Å². The maximum absolute atomic E-state index is 13.8. The molecule has 1 aliphatic heterocycles. The summed E-state index contributed by atoms with van der Waals surface area (Å²) >= 11 is 0. The summed E-state index contributed by atoms with van der Waals surface area (Å²) in [5.74, 6) is -0.422. The number of fused-ring (bicyclic) bond motifs is 1. The molecule has 7 heteroatoms. The van der Waals surface area contributed by atoms with Crippen LogP contribution < -0.4 is 10.5 Å². The van der Waals surface area contributed by atoms with Gasteiger partial charge in [-0.2, -0.15) is 0 Å². The lowest BCUT2D eigenvalue weighted by Gasteiger charge is -2.15. The predicted molar refractivity (Wildman–Crippen MR) is 71.5 cm³/mol. The molecule has 1 aromatic heterocycles. The van der Waals surface area contributed by atoms with Gasteiger partial charge in [0.25, 0.3) is 0 Å². The van der Waals surface area contributed by atoms with Gasteiger partial charge in [-0.05, 0) is 30.5 Å². The fourth-order valence-corrected chi connectivity index (χ4v) is 2.48. The number of benzene rings is 1. The van der Waals surface area contributed by atoms with Crippen molar-refractivity contribution in [3.8, 4) is 5.75 Å². The second-order valence-corrected chi connectivity index (χ2v) is 5.02. The largest absolute Gasteiger partial charge is 0.479 e. The number of hydrogen-bond donors (Lipinski definition) is 1. The highest BCUT2D eigenvalue weighted by atomic mass is 19.1. The molecule has 3 rings (SSSR count). The number of aromatic nitrogens is 3. The molecule has 5 nitrogen and oxygen atoms in total. The Bertz CT molecular complexity index is 633. The molecular formula is C14H16F2N4O. The normalized spacial score (nSPS) is 14.0. The van der Waals surface area contributed by atoms with E-state index in [0.29, 0.717) is 11.4 Å². The van der Waals surface area contributed by atoms with Crippen molar-refractivity contribution in [1.82, 2.24) is 14.8 Å². The van der Waals surface area contributed by atoms with Gasteiger partial charge in [0.2, 0.25) is 0 Å². The maximum atomic E-state index is 13.8. The molecule has 112 valence electrons. The van der Waals surface area contributed by atoms with E-state index in [1.165, 1.54) is 12.1 Å². The van der Waals surface area contributed by atoms with Crippen LogP contribution in [0.3, 0.4) is 0 Å². The van der Waals surface area contributed by atoms with Crippen LogP contribution in [0.15, 0.2) is 12.1 Å². The first-order chi connectivity index (χ1) is 10.2. The molecule has 0 saturated carbocycles. The van der Waals surface area contributed by atoms with E-state index < -0.39 is 17.4 Å². The lowest BCUT2D eigenvalue weighted by atomic mass is 10.2. The number of rotatable bonds is 4. The van der Waals surface area contributed by atoms with Gasteiger partial charge in [-0.25, -0.2) is 8.78 Å². The molecule has 2 heterocycles. The molecule has 2 aromatic rings. The number of ether oxygens (including phenoxy) is 1. The average Bonchev–Trinajstić information content (AvgIpc) is 2.89. The minimum absolute atomic E-state index is 0.0111. The highest BCUT2D eigenvalue weighted by molar-refractivity contribution is 5.31. The summed E-state index contributed by atoms with van der Waals surface area (Å²) in [5, 5.41) is 8.10. The van der Waals surface area contributed by atoms with E-state index in [9.17, 15) is 8.78 Å². The van der Waals surface area contributed by atoms with E-state index in [1.54, 1.807) is 0 Å². The molecule has 0 radical (unpaired) electrons. The monoisotopic (exact) mass is 294 g/mol. The molecule has 1 aliphatic rings. The van der Waals surface area contributed by atoms with Crippen molar-refractivity contribution in [1.29, 1.82) is 0 Å². The van der Waals surface area contributed by atoms with Crippen molar-refractivity contribution in [3.05, 3.63) is 41.0 Å². The van der Waals surface area contributed by atoms with E-state index in [4.69, 9.17) is 10.5 Å². The minimum Gasteiger partial charge on any atom is -0.479 e. The van der Waals surface area contributed by atoms with Crippen LogP contribution >= 0.6 is 0 Å². The number of nitrogens with two attached hydrogens (primary N) is 1. The summed E-state index contributed by atoms with van der Waals surface area (Å²) in [4.78, 5) is 0. The third-order valence-corrected chi connectivity index (χ3v) is 3.58. The van der Waals surface area contributed by atoms with Crippen LogP contribution in [0.1, 0.15) is 30.1 Å². The average molecular weight is 294 g/mol. The Hall–Kier alpha value is -2.02. The summed E-state index contributed by atoms with van der Waals surface area (Å²) < 4.78 is 34.8. The minimum atomic E-state index is -0.756. The third kappa shape index (κ3) is 2.73. The highest BCUT2D eigenvalue weighted by Crippen LogP contribution is 2.24. The molecule has 0 unspecified atom stereocenters. The maximum Gasteiger partial charge on any atom is 0.191 e. The zero-order valence-electron chi connectivity index (χ0n) is 11.5.